The first-order valence-electron chi connectivity index (χ1n) is 9.07. The Kier molecular flexibility index (Phi) is 5.25. The molecule has 0 saturated carbocycles. The van der Waals surface area contributed by atoms with Crippen LogP contribution in [-0.4, -0.2) is 9.55 Å². The highest BCUT2D eigenvalue weighted by Gasteiger charge is 2.36. The molecule has 0 amide bonds. The third kappa shape index (κ3) is 3.32. The first kappa shape index (κ1) is 20.0. The average Bonchev–Trinajstić information content (AvgIpc) is 2.71. The lowest BCUT2D eigenvalue weighted by atomic mass is 9.84. The summed E-state index contributed by atoms with van der Waals surface area (Å²) in [5, 5.41) is 10.4. The number of ether oxygens (including phenoxy) is 1. The Labute approximate surface area is 182 Å². The van der Waals surface area contributed by atoms with Crippen molar-refractivity contribution in [1.29, 1.82) is 5.26 Å². The maximum absolute atomic E-state index is 13.6. The maximum Gasteiger partial charge on any atom is 0.259 e. The molecule has 6 nitrogen and oxygen atoms in total. The number of nitrogens with zero attached hydrogens (tertiary/aromatic N) is 3. The molecule has 3 heterocycles. The molecule has 2 aromatic heterocycles. The molecule has 0 fully saturated rings. The maximum atomic E-state index is 13.6. The topological polar surface area (TPSA) is 93.9 Å². The van der Waals surface area contributed by atoms with Gasteiger partial charge in [-0.25, -0.2) is 0 Å². The van der Waals surface area contributed by atoms with Crippen molar-refractivity contribution in [2.45, 2.75) is 19.4 Å². The molecular weight excluding hydrogens is 423 g/mol. The number of pyridine rings is 2. The quantitative estimate of drug-likeness (QED) is 0.663. The number of rotatable bonds is 3. The van der Waals surface area contributed by atoms with Crippen molar-refractivity contribution in [2.24, 2.45) is 5.73 Å². The molecule has 0 unspecified atom stereocenters. The third-order valence-corrected chi connectivity index (χ3v) is 5.70. The summed E-state index contributed by atoms with van der Waals surface area (Å²) in [7, 11) is 0. The molecule has 8 heteroatoms. The fourth-order valence-electron chi connectivity index (χ4n) is 3.63. The van der Waals surface area contributed by atoms with Gasteiger partial charge in [0.1, 0.15) is 17.4 Å². The number of aromatic nitrogens is 2. The average molecular weight is 439 g/mol. The van der Waals surface area contributed by atoms with Crippen molar-refractivity contribution < 1.29 is 4.74 Å². The van der Waals surface area contributed by atoms with Crippen molar-refractivity contribution in [2.75, 3.05) is 0 Å². The molecule has 1 atom stereocenters. The fourth-order valence-corrected chi connectivity index (χ4v) is 4.25. The highest BCUT2D eigenvalue weighted by atomic mass is 35.5. The predicted molar refractivity (Wildman–Crippen MR) is 115 cm³/mol. The molecule has 0 radical (unpaired) electrons. The smallest absolute Gasteiger partial charge is 0.259 e. The molecule has 1 aliphatic heterocycles. The van der Waals surface area contributed by atoms with Gasteiger partial charge in [-0.2, -0.15) is 5.26 Å². The standard InChI is InChI=1S/C22H16Cl2N4O2/c1-12-8-17-20(22(29)28(12)11-13-4-3-7-27-10-13)18(14(9-25)21(26)30-17)19-15(23)5-2-6-16(19)24/h2-8,10,18H,11,26H2,1H3/t18-/m0/s1. The molecule has 2 N–H and O–H groups in total. The molecule has 1 aliphatic rings. The van der Waals surface area contributed by atoms with E-state index in [0.29, 0.717) is 27.8 Å². The van der Waals surface area contributed by atoms with Gasteiger partial charge in [-0.3, -0.25) is 9.78 Å². The largest absolute Gasteiger partial charge is 0.440 e. The van der Waals surface area contributed by atoms with Gasteiger partial charge in [-0.1, -0.05) is 35.3 Å². The van der Waals surface area contributed by atoms with Crippen LogP contribution >= 0.6 is 23.2 Å². The lowest BCUT2D eigenvalue weighted by Crippen LogP contribution is -2.33. The highest BCUT2D eigenvalue weighted by Crippen LogP contribution is 2.45. The van der Waals surface area contributed by atoms with Crippen LogP contribution < -0.4 is 16.0 Å². The van der Waals surface area contributed by atoms with Gasteiger partial charge in [-0.05, 0) is 30.7 Å². The molecule has 0 aliphatic carbocycles. The van der Waals surface area contributed by atoms with Crippen LogP contribution in [-0.2, 0) is 6.54 Å². The number of aryl methyl sites for hydroxylation is 1. The molecule has 150 valence electrons. The summed E-state index contributed by atoms with van der Waals surface area (Å²) >= 11 is 12.9. The summed E-state index contributed by atoms with van der Waals surface area (Å²) in [5.41, 5.74) is 8.06. The van der Waals surface area contributed by atoms with Gasteiger partial charge >= 0.3 is 0 Å². The second kappa shape index (κ2) is 7.86. The van der Waals surface area contributed by atoms with Crippen LogP contribution in [0.1, 0.15) is 28.3 Å². The van der Waals surface area contributed by atoms with Crippen molar-refractivity contribution in [1.82, 2.24) is 9.55 Å². The van der Waals surface area contributed by atoms with E-state index in [2.05, 4.69) is 11.1 Å². The van der Waals surface area contributed by atoms with Crippen LogP contribution in [0.2, 0.25) is 10.0 Å². The zero-order valence-electron chi connectivity index (χ0n) is 15.9. The van der Waals surface area contributed by atoms with E-state index in [1.165, 1.54) is 0 Å². The number of nitriles is 1. The second-order valence-corrected chi connectivity index (χ2v) is 7.69. The van der Waals surface area contributed by atoms with Gasteiger partial charge in [-0.15, -0.1) is 0 Å². The van der Waals surface area contributed by atoms with Crippen molar-refractivity contribution in [3.63, 3.8) is 0 Å². The monoisotopic (exact) mass is 438 g/mol. The van der Waals surface area contributed by atoms with E-state index in [0.717, 1.165) is 5.56 Å². The van der Waals surface area contributed by atoms with E-state index in [-0.39, 0.29) is 28.3 Å². The number of halogens is 2. The Balaban J connectivity index is 1.99. The number of benzene rings is 1. The normalized spacial score (nSPS) is 15.3. The molecule has 1 aromatic carbocycles. The first-order valence-corrected chi connectivity index (χ1v) is 9.82. The van der Waals surface area contributed by atoms with Crippen LogP contribution in [0, 0.1) is 18.3 Å². The number of nitrogens with two attached hydrogens (primary N) is 1. The van der Waals surface area contributed by atoms with Crippen LogP contribution in [0.15, 0.2) is 65.0 Å². The number of allylic oxidation sites excluding steroid dienone is 1. The summed E-state index contributed by atoms with van der Waals surface area (Å²) in [5.74, 6) is -0.625. The SMILES string of the molecule is Cc1cc2c(c(=O)n1Cc1cccnc1)[C@H](c1c(Cl)cccc1Cl)C(C#N)=C(N)O2. The van der Waals surface area contributed by atoms with Crippen LogP contribution in [0.3, 0.4) is 0 Å². The Morgan fingerprint density at radius 1 is 1.23 bits per heavy atom. The minimum absolute atomic E-state index is 0.0743. The molecule has 0 spiro atoms. The van der Waals surface area contributed by atoms with E-state index < -0.39 is 5.92 Å². The van der Waals surface area contributed by atoms with E-state index in [1.807, 2.05) is 6.07 Å². The third-order valence-electron chi connectivity index (χ3n) is 5.04. The Hall–Kier alpha value is -3.27. The fraction of sp³-hybridized carbons (Fsp3) is 0.136. The van der Waals surface area contributed by atoms with E-state index >= 15 is 0 Å². The molecular formula is C22H16Cl2N4O2. The zero-order valence-corrected chi connectivity index (χ0v) is 17.4. The van der Waals surface area contributed by atoms with Crippen molar-refractivity contribution in [3.8, 4) is 11.8 Å². The minimum Gasteiger partial charge on any atom is -0.440 e. The van der Waals surface area contributed by atoms with Crippen molar-refractivity contribution >= 4 is 23.2 Å². The highest BCUT2D eigenvalue weighted by molar-refractivity contribution is 6.36. The summed E-state index contributed by atoms with van der Waals surface area (Å²) in [6, 6.07) is 12.5. The number of hydrogen-bond acceptors (Lipinski definition) is 5. The molecule has 30 heavy (non-hydrogen) atoms. The summed E-state index contributed by atoms with van der Waals surface area (Å²) in [4.78, 5) is 17.7. The predicted octanol–water partition coefficient (Wildman–Crippen LogP) is 4.13. The van der Waals surface area contributed by atoms with E-state index in [9.17, 15) is 10.1 Å². The second-order valence-electron chi connectivity index (χ2n) is 6.88. The van der Waals surface area contributed by atoms with Crippen LogP contribution in [0.5, 0.6) is 5.75 Å². The van der Waals surface area contributed by atoms with Gasteiger partial charge in [0, 0.05) is 39.8 Å². The van der Waals surface area contributed by atoms with Crippen molar-refractivity contribution in [3.05, 3.63) is 103 Å². The number of hydrogen-bond donors (Lipinski definition) is 1. The zero-order chi connectivity index (χ0) is 21.4. The lowest BCUT2D eigenvalue weighted by molar-refractivity contribution is 0.389. The molecule has 4 rings (SSSR count). The summed E-state index contributed by atoms with van der Waals surface area (Å²) < 4.78 is 7.26. The minimum atomic E-state index is -0.840. The molecule has 0 saturated heterocycles. The van der Waals surface area contributed by atoms with Gasteiger partial charge < -0.3 is 15.0 Å². The van der Waals surface area contributed by atoms with Crippen LogP contribution in [0.25, 0.3) is 0 Å². The Morgan fingerprint density at radius 2 is 1.97 bits per heavy atom. The lowest BCUT2D eigenvalue weighted by Gasteiger charge is -2.28. The molecule has 3 aromatic rings. The number of fused-ring (bicyclic) bond motifs is 1. The van der Waals surface area contributed by atoms with E-state index in [4.69, 9.17) is 33.7 Å². The van der Waals surface area contributed by atoms with Gasteiger partial charge in [0.2, 0.25) is 5.88 Å². The van der Waals surface area contributed by atoms with E-state index in [1.54, 1.807) is 54.2 Å². The van der Waals surface area contributed by atoms with Gasteiger partial charge in [0.05, 0.1) is 18.0 Å². The van der Waals surface area contributed by atoms with Gasteiger partial charge in [0.15, 0.2) is 0 Å². The first-order chi connectivity index (χ1) is 14.4. The Morgan fingerprint density at radius 3 is 2.60 bits per heavy atom. The summed E-state index contributed by atoms with van der Waals surface area (Å²) in [6.07, 6.45) is 3.37. The summed E-state index contributed by atoms with van der Waals surface area (Å²) in [6.45, 7) is 2.12. The Bertz CT molecular complexity index is 1260. The van der Waals surface area contributed by atoms with Gasteiger partial charge in [0.25, 0.3) is 5.56 Å². The van der Waals surface area contributed by atoms with Crippen LogP contribution in [0.4, 0.5) is 0 Å². The molecule has 0 bridgehead atoms.